The first kappa shape index (κ1) is 8.47. The van der Waals surface area contributed by atoms with Gasteiger partial charge in [0.05, 0.1) is 11.5 Å². The van der Waals surface area contributed by atoms with E-state index in [-0.39, 0.29) is 30.0 Å². The molecule has 1 unspecified atom stereocenters. The van der Waals surface area contributed by atoms with Crippen LogP contribution in [0, 0.1) is 0 Å². The Morgan fingerprint density at radius 1 is 1.25 bits per heavy atom. The molecule has 12 heavy (non-hydrogen) atoms. The molecule has 2 saturated heterocycles. The second-order valence-electron chi connectivity index (χ2n) is 3.26. The summed E-state index contributed by atoms with van der Waals surface area (Å²) < 4.78 is 32.9. The summed E-state index contributed by atoms with van der Waals surface area (Å²) in [6, 6.07) is 0. The van der Waals surface area contributed by atoms with Gasteiger partial charge in [-0.25, -0.2) is 8.42 Å². The molecule has 0 spiro atoms. The maximum Gasteiger partial charge on any atom is 0.158 e. The Bertz CT molecular complexity index is 251. The van der Waals surface area contributed by atoms with Crippen LogP contribution >= 0.6 is 0 Å². The van der Waals surface area contributed by atoms with Crippen LogP contribution < -0.4 is 0 Å². The average Bonchev–Trinajstić information content (AvgIpc) is 2.40. The summed E-state index contributed by atoms with van der Waals surface area (Å²) in [6.07, 6.45) is 0.183. The van der Waals surface area contributed by atoms with Gasteiger partial charge in [0.25, 0.3) is 0 Å². The van der Waals surface area contributed by atoms with E-state index in [1.165, 1.54) is 0 Å². The molecular weight excluding hydrogens is 180 g/mol. The fraction of sp³-hybridized carbons (Fsp3) is 1.00. The van der Waals surface area contributed by atoms with Crippen LogP contribution in [0.15, 0.2) is 0 Å². The SMILES string of the molecule is CCC1O[C@H]2CS(=O)(=O)C[C@H]2O1. The molecule has 0 aromatic rings. The van der Waals surface area contributed by atoms with E-state index in [1.807, 2.05) is 6.92 Å². The predicted octanol–water partition coefficient (Wildman–Crippen LogP) is -0.0651. The molecule has 0 saturated carbocycles. The third kappa shape index (κ3) is 1.36. The van der Waals surface area contributed by atoms with Crippen LogP contribution in [-0.4, -0.2) is 38.4 Å². The van der Waals surface area contributed by atoms with Gasteiger partial charge in [0, 0.05) is 0 Å². The molecular formula is C7H12O4S. The second kappa shape index (κ2) is 2.68. The van der Waals surface area contributed by atoms with E-state index >= 15 is 0 Å². The molecule has 0 aromatic heterocycles. The van der Waals surface area contributed by atoms with Crippen molar-refractivity contribution >= 4 is 9.84 Å². The van der Waals surface area contributed by atoms with Crippen LogP contribution in [0.2, 0.25) is 0 Å². The van der Waals surface area contributed by atoms with Crippen molar-refractivity contribution in [1.82, 2.24) is 0 Å². The molecule has 0 radical (unpaired) electrons. The van der Waals surface area contributed by atoms with E-state index < -0.39 is 9.84 Å². The van der Waals surface area contributed by atoms with Crippen molar-refractivity contribution in [2.24, 2.45) is 0 Å². The summed E-state index contributed by atoms with van der Waals surface area (Å²) in [5.74, 6) is 0.266. The molecule has 2 aliphatic heterocycles. The van der Waals surface area contributed by atoms with Crippen molar-refractivity contribution in [2.45, 2.75) is 31.8 Å². The maximum atomic E-state index is 11.1. The van der Waals surface area contributed by atoms with Crippen LogP contribution in [0.25, 0.3) is 0 Å². The normalized spacial score (nSPS) is 44.6. The van der Waals surface area contributed by atoms with E-state index in [9.17, 15) is 8.42 Å². The molecule has 5 heteroatoms. The summed E-state index contributed by atoms with van der Waals surface area (Å²) >= 11 is 0. The van der Waals surface area contributed by atoms with Crippen LogP contribution in [0.5, 0.6) is 0 Å². The van der Waals surface area contributed by atoms with E-state index in [1.54, 1.807) is 0 Å². The van der Waals surface area contributed by atoms with E-state index in [2.05, 4.69) is 0 Å². The summed E-state index contributed by atoms with van der Waals surface area (Å²) in [5, 5.41) is 0. The zero-order chi connectivity index (χ0) is 8.77. The van der Waals surface area contributed by atoms with Gasteiger partial charge in [-0.1, -0.05) is 6.92 Å². The lowest BCUT2D eigenvalue weighted by Crippen LogP contribution is -2.18. The predicted molar refractivity (Wildman–Crippen MR) is 42.5 cm³/mol. The van der Waals surface area contributed by atoms with E-state index in [4.69, 9.17) is 9.47 Å². The van der Waals surface area contributed by atoms with Gasteiger partial charge in [0.1, 0.15) is 12.2 Å². The lowest BCUT2D eigenvalue weighted by molar-refractivity contribution is -0.0641. The third-order valence-corrected chi connectivity index (χ3v) is 3.91. The average molecular weight is 192 g/mol. The van der Waals surface area contributed by atoms with Crippen molar-refractivity contribution in [1.29, 1.82) is 0 Å². The molecule has 0 aliphatic carbocycles. The first-order valence-electron chi connectivity index (χ1n) is 4.12. The molecule has 0 bridgehead atoms. The molecule has 0 amide bonds. The number of ether oxygens (including phenoxy) is 2. The number of hydrogen-bond donors (Lipinski definition) is 0. The Hall–Kier alpha value is -0.130. The number of rotatable bonds is 1. The first-order valence-corrected chi connectivity index (χ1v) is 5.94. The molecule has 4 nitrogen and oxygen atoms in total. The molecule has 2 rings (SSSR count). The van der Waals surface area contributed by atoms with Crippen molar-refractivity contribution in [3.8, 4) is 0 Å². The Morgan fingerprint density at radius 2 is 1.75 bits per heavy atom. The Labute approximate surface area is 71.8 Å². The highest BCUT2D eigenvalue weighted by Crippen LogP contribution is 2.28. The summed E-state index contributed by atoms with van der Waals surface area (Å²) in [6.45, 7) is 1.96. The van der Waals surface area contributed by atoms with Crippen LogP contribution in [0.1, 0.15) is 13.3 Å². The molecule has 2 aliphatic rings. The molecule has 0 aromatic carbocycles. The third-order valence-electron chi connectivity index (χ3n) is 2.24. The van der Waals surface area contributed by atoms with Gasteiger partial charge in [-0.05, 0) is 6.42 Å². The highest BCUT2D eigenvalue weighted by Gasteiger charge is 2.45. The van der Waals surface area contributed by atoms with Crippen LogP contribution in [0.3, 0.4) is 0 Å². The lowest BCUT2D eigenvalue weighted by atomic mass is 10.3. The van der Waals surface area contributed by atoms with Gasteiger partial charge < -0.3 is 9.47 Å². The topological polar surface area (TPSA) is 52.6 Å². The van der Waals surface area contributed by atoms with E-state index in [0.717, 1.165) is 6.42 Å². The minimum absolute atomic E-state index is 0.133. The van der Waals surface area contributed by atoms with Crippen molar-refractivity contribution < 1.29 is 17.9 Å². The summed E-state index contributed by atoms with van der Waals surface area (Å²) in [5.41, 5.74) is 0. The Kier molecular flexibility index (Phi) is 1.89. The van der Waals surface area contributed by atoms with Gasteiger partial charge >= 0.3 is 0 Å². The van der Waals surface area contributed by atoms with Crippen LogP contribution in [-0.2, 0) is 19.3 Å². The zero-order valence-electron chi connectivity index (χ0n) is 6.89. The molecule has 0 N–H and O–H groups in total. The minimum atomic E-state index is -2.89. The molecule has 2 heterocycles. The second-order valence-corrected chi connectivity index (χ2v) is 5.42. The number of fused-ring (bicyclic) bond motifs is 1. The summed E-state index contributed by atoms with van der Waals surface area (Å²) in [7, 11) is -2.89. The standard InChI is InChI=1S/C7H12O4S/c1-2-7-10-5-3-12(8,9)4-6(5)11-7/h5-7H,2-4H2,1H3/t5-,6+,7?. The fourth-order valence-corrected chi connectivity index (χ4v) is 3.38. The lowest BCUT2D eigenvalue weighted by Gasteiger charge is -2.07. The summed E-state index contributed by atoms with van der Waals surface area (Å²) in [4.78, 5) is 0. The molecule has 3 atom stereocenters. The minimum Gasteiger partial charge on any atom is -0.346 e. The van der Waals surface area contributed by atoms with Gasteiger partial charge in [-0.15, -0.1) is 0 Å². The largest absolute Gasteiger partial charge is 0.346 e. The van der Waals surface area contributed by atoms with Crippen LogP contribution in [0.4, 0.5) is 0 Å². The molecule has 70 valence electrons. The number of sulfone groups is 1. The highest BCUT2D eigenvalue weighted by molar-refractivity contribution is 7.91. The van der Waals surface area contributed by atoms with Crippen molar-refractivity contribution in [2.75, 3.05) is 11.5 Å². The molecule has 2 fully saturated rings. The van der Waals surface area contributed by atoms with E-state index in [0.29, 0.717) is 0 Å². The zero-order valence-corrected chi connectivity index (χ0v) is 7.71. The monoisotopic (exact) mass is 192 g/mol. The maximum absolute atomic E-state index is 11.1. The Morgan fingerprint density at radius 3 is 2.17 bits per heavy atom. The Balaban J connectivity index is 2.07. The highest BCUT2D eigenvalue weighted by atomic mass is 32.2. The van der Waals surface area contributed by atoms with Gasteiger partial charge in [-0.3, -0.25) is 0 Å². The van der Waals surface area contributed by atoms with Crippen molar-refractivity contribution in [3.05, 3.63) is 0 Å². The quantitative estimate of drug-likeness (QED) is 0.584. The smallest absolute Gasteiger partial charge is 0.158 e. The van der Waals surface area contributed by atoms with Crippen molar-refractivity contribution in [3.63, 3.8) is 0 Å². The fourth-order valence-electron chi connectivity index (χ4n) is 1.65. The van der Waals surface area contributed by atoms with Gasteiger partial charge in [0.15, 0.2) is 16.1 Å². The van der Waals surface area contributed by atoms with Gasteiger partial charge in [-0.2, -0.15) is 0 Å². The first-order chi connectivity index (χ1) is 5.61. The van der Waals surface area contributed by atoms with Gasteiger partial charge in [0.2, 0.25) is 0 Å². The number of hydrogen-bond acceptors (Lipinski definition) is 4.